The van der Waals surface area contributed by atoms with E-state index in [1.807, 2.05) is 0 Å². The number of carbonyl (C=O) groups excluding carboxylic acids is 1. The number of methoxy groups -OCH3 is 4. The summed E-state index contributed by atoms with van der Waals surface area (Å²) in [6, 6.07) is 6.64. The van der Waals surface area contributed by atoms with Crippen LogP contribution in [-0.4, -0.2) is 55.4 Å². The van der Waals surface area contributed by atoms with Crippen LogP contribution in [0.3, 0.4) is 0 Å². The molecule has 2 aromatic carbocycles. The third kappa shape index (κ3) is 8.04. The molecule has 198 valence electrons. The van der Waals surface area contributed by atoms with Crippen LogP contribution in [0.15, 0.2) is 35.7 Å². The molecule has 1 atom stereocenters. The lowest BCUT2D eigenvalue weighted by Gasteiger charge is -2.15. The van der Waals surface area contributed by atoms with E-state index in [1.165, 1.54) is 52.7 Å². The maximum atomic E-state index is 12.8. The van der Waals surface area contributed by atoms with Crippen molar-refractivity contribution in [1.29, 1.82) is 0 Å². The van der Waals surface area contributed by atoms with Gasteiger partial charge in [-0.15, -0.1) is 0 Å². The van der Waals surface area contributed by atoms with Crippen molar-refractivity contribution in [2.45, 2.75) is 25.3 Å². The molecule has 0 heterocycles. The highest BCUT2D eigenvalue weighted by Crippen LogP contribution is 2.35. The number of hydrogen-bond acceptors (Lipinski definition) is 10. The third-order valence-corrected chi connectivity index (χ3v) is 6.09. The molecule has 0 aliphatic carbocycles. The number of nitrogens with one attached hydrogen (secondary N) is 1. The fourth-order valence-electron chi connectivity index (χ4n) is 3.18. The highest BCUT2D eigenvalue weighted by atomic mass is 32.2. The Labute approximate surface area is 211 Å². The van der Waals surface area contributed by atoms with Gasteiger partial charge in [-0.3, -0.25) is 4.72 Å². The summed E-state index contributed by atoms with van der Waals surface area (Å²) < 4.78 is 54.4. The van der Waals surface area contributed by atoms with Crippen LogP contribution < -0.4 is 39.9 Å². The van der Waals surface area contributed by atoms with Gasteiger partial charge in [0.1, 0.15) is 23.3 Å². The Balaban J connectivity index is 2.24. The van der Waals surface area contributed by atoms with E-state index in [0.29, 0.717) is 42.2 Å². The third-order valence-electron chi connectivity index (χ3n) is 5.07. The second-order valence-corrected chi connectivity index (χ2v) is 9.14. The Morgan fingerprint density at radius 2 is 1.58 bits per heavy atom. The molecular weight excluding hydrogens is 490 g/mol. The number of nitrogens with two attached hydrogens (primary N) is 2. The monoisotopic (exact) mass is 523 g/mol. The normalized spacial score (nSPS) is 12.2. The average molecular weight is 524 g/mol. The molecule has 0 unspecified atom stereocenters. The van der Waals surface area contributed by atoms with E-state index < -0.39 is 22.0 Å². The highest BCUT2D eigenvalue weighted by Gasteiger charge is 2.19. The quantitative estimate of drug-likeness (QED) is 0.191. The van der Waals surface area contributed by atoms with E-state index in [0.717, 1.165) is 11.8 Å². The SMILES string of the molecule is COc1cc(OC)c(/C=C/S(=O)(=O)Nc2ccc(OC)c(OC(=O)[C@H](N)CCCCN)c2)c(OC)c1. The smallest absolute Gasteiger partial charge is 0.328 e. The van der Waals surface area contributed by atoms with Crippen LogP contribution in [0.25, 0.3) is 6.08 Å². The Morgan fingerprint density at radius 1 is 0.944 bits per heavy atom. The summed E-state index contributed by atoms with van der Waals surface area (Å²) in [7, 11) is 1.80. The van der Waals surface area contributed by atoms with E-state index in [-0.39, 0.29) is 17.2 Å². The van der Waals surface area contributed by atoms with Crippen LogP contribution in [0.5, 0.6) is 28.7 Å². The summed E-state index contributed by atoms with van der Waals surface area (Å²) in [5.74, 6) is 0.812. The van der Waals surface area contributed by atoms with Crippen molar-refractivity contribution in [3.8, 4) is 28.7 Å². The van der Waals surface area contributed by atoms with Crippen LogP contribution in [0.1, 0.15) is 24.8 Å². The number of anilines is 1. The summed E-state index contributed by atoms with van der Waals surface area (Å²) in [6.07, 6.45) is 3.17. The van der Waals surface area contributed by atoms with E-state index in [2.05, 4.69) is 4.72 Å². The second kappa shape index (κ2) is 13.6. The molecule has 0 bridgehead atoms. The van der Waals surface area contributed by atoms with Crippen LogP contribution >= 0.6 is 0 Å². The van der Waals surface area contributed by atoms with Crippen molar-refractivity contribution in [3.63, 3.8) is 0 Å². The lowest BCUT2D eigenvalue weighted by atomic mass is 10.1. The fourth-order valence-corrected chi connectivity index (χ4v) is 4.02. The minimum Gasteiger partial charge on any atom is -0.496 e. The first-order chi connectivity index (χ1) is 17.2. The van der Waals surface area contributed by atoms with E-state index in [4.69, 9.17) is 35.2 Å². The van der Waals surface area contributed by atoms with Crippen molar-refractivity contribution < 1.29 is 36.9 Å². The number of sulfonamides is 1. The number of hydrogen-bond donors (Lipinski definition) is 3. The molecule has 0 spiro atoms. The van der Waals surface area contributed by atoms with Crippen molar-refractivity contribution in [2.75, 3.05) is 39.7 Å². The number of benzene rings is 2. The highest BCUT2D eigenvalue weighted by molar-refractivity contribution is 7.95. The minimum absolute atomic E-state index is 0.0273. The van der Waals surface area contributed by atoms with Crippen LogP contribution in [0.4, 0.5) is 5.69 Å². The first kappa shape index (κ1) is 28.8. The summed E-state index contributed by atoms with van der Waals surface area (Å²) in [5.41, 5.74) is 11.9. The van der Waals surface area contributed by atoms with Crippen LogP contribution in [-0.2, 0) is 14.8 Å². The number of esters is 1. The molecule has 12 heteroatoms. The maximum Gasteiger partial charge on any atom is 0.328 e. The summed E-state index contributed by atoms with van der Waals surface area (Å²) in [5, 5.41) is 0.961. The Morgan fingerprint density at radius 3 is 2.14 bits per heavy atom. The zero-order valence-corrected chi connectivity index (χ0v) is 21.6. The van der Waals surface area contributed by atoms with Crippen LogP contribution in [0, 0.1) is 0 Å². The van der Waals surface area contributed by atoms with E-state index in [1.54, 1.807) is 12.1 Å². The van der Waals surface area contributed by atoms with Gasteiger partial charge in [-0.1, -0.05) is 6.42 Å². The first-order valence-corrected chi connectivity index (χ1v) is 12.6. The lowest BCUT2D eigenvalue weighted by Crippen LogP contribution is -2.34. The number of unbranched alkanes of at least 4 members (excludes halogenated alkanes) is 1. The minimum atomic E-state index is -3.99. The fraction of sp³-hybridized carbons (Fsp3) is 0.375. The van der Waals surface area contributed by atoms with Gasteiger partial charge in [0, 0.05) is 18.2 Å². The molecule has 0 amide bonds. The van der Waals surface area contributed by atoms with E-state index >= 15 is 0 Å². The zero-order valence-electron chi connectivity index (χ0n) is 20.8. The van der Waals surface area contributed by atoms with E-state index in [9.17, 15) is 13.2 Å². The molecule has 2 rings (SSSR count). The Kier molecular flexibility index (Phi) is 10.8. The van der Waals surface area contributed by atoms with Gasteiger partial charge in [0.25, 0.3) is 10.0 Å². The van der Waals surface area contributed by atoms with Crippen molar-refractivity contribution in [1.82, 2.24) is 0 Å². The number of rotatable bonds is 14. The molecule has 0 aromatic heterocycles. The molecule has 11 nitrogen and oxygen atoms in total. The van der Waals surface area contributed by atoms with Gasteiger partial charge in [-0.05, 0) is 37.6 Å². The maximum absolute atomic E-state index is 12.8. The standard InChI is InChI=1S/C24H33N3O8S/c1-31-17-14-21(33-3)18(22(15-17)34-4)10-12-36(29,30)27-16-8-9-20(32-2)23(13-16)35-24(28)19(26)7-5-6-11-25/h8-10,12-15,19,27H,5-7,11,25-26H2,1-4H3/b12-10+/t19-/m1/s1. The predicted molar refractivity (Wildman–Crippen MR) is 137 cm³/mol. The molecular formula is C24H33N3O8S. The second-order valence-electron chi connectivity index (χ2n) is 7.57. The van der Waals surface area contributed by atoms with Gasteiger partial charge < -0.3 is 35.2 Å². The molecule has 5 N–H and O–H groups in total. The summed E-state index contributed by atoms with van der Waals surface area (Å²) >= 11 is 0. The molecule has 0 saturated carbocycles. The van der Waals surface area contributed by atoms with Crippen molar-refractivity contribution in [3.05, 3.63) is 41.3 Å². The average Bonchev–Trinajstić information content (AvgIpc) is 2.86. The molecule has 36 heavy (non-hydrogen) atoms. The van der Waals surface area contributed by atoms with Gasteiger partial charge in [-0.2, -0.15) is 0 Å². The first-order valence-electron chi connectivity index (χ1n) is 11.0. The van der Waals surface area contributed by atoms with Gasteiger partial charge in [-0.25, -0.2) is 13.2 Å². The molecule has 2 aromatic rings. The number of carbonyl (C=O) groups is 1. The van der Waals surface area contributed by atoms with Gasteiger partial charge in [0.05, 0.1) is 45.1 Å². The van der Waals surface area contributed by atoms with Crippen LogP contribution in [0.2, 0.25) is 0 Å². The van der Waals surface area contributed by atoms with Gasteiger partial charge >= 0.3 is 5.97 Å². The predicted octanol–water partition coefficient (Wildman–Crippen LogP) is 2.50. The Bertz CT molecular complexity index is 1140. The molecule has 0 radical (unpaired) electrons. The van der Waals surface area contributed by atoms with Crippen molar-refractivity contribution in [2.24, 2.45) is 11.5 Å². The summed E-state index contributed by atoms with van der Waals surface area (Å²) in [6.45, 7) is 0.504. The molecule has 0 fully saturated rings. The van der Waals surface area contributed by atoms with Gasteiger partial charge in [0.2, 0.25) is 0 Å². The zero-order chi connectivity index (χ0) is 26.7. The summed E-state index contributed by atoms with van der Waals surface area (Å²) in [4.78, 5) is 12.4. The molecule has 0 aliphatic rings. The topological polar surface area (TPSA) is 161 Å². The lowest BCUT2D eigenvalue weighted by molar-refractivity contribution is -0.136. The molecule has 0 saturated heterocycles. The largest absolute Gasteiger partial charge is 0.496 e. The Hall–Kier alpha value is -3.48. The van der Waals surface area contributed by atoms with Crippen molar-refractivity contribution >= 4 is 27.8 Å². The molecule has 0 aliphatic heterocycles. The number of ether oxygens (including phenoxy) is 5. The van der Waals surface area contributed by atoms with Gasteiger partial charge in [0.15, 0.2) is 11.5 Å².